The molecule has 27 valence electrons. The first-order valence-electron chi connectivity index (χ1n) is 0. The van der Waals surface area contributed by atoms with E-state index in [9.17, 15) is 0 Å². The topological polar surface area (TPSA) is 0 Å². The van der Waals surface area contributed by atoms with Gasteiger partial charge in [-0.05, 0) is 0 Å². The van der Waals surface area contributed by atoms with E-state index in [2.05, 4.69) is 0 Å². The molecule has 0 unspecified atom stereocenters. The second kappa shape index (κ2) is 17.5. The summed E-state index contributed by atoms with van der Waals surface area (Å²) >= 11 is 0. The molecule has 0 aromatic carbocycles. The van der Waals surface area contributed by atoms with Crippen LogP contribution in [0.3, 0.4) is 0 Å². The van der Waals surface area contributed by atoms with Gasteiger partial charge in [-0.15, -0.1) is 0 Å². The molecular formula is CH6BaFeMn. The second-order valence-corrected chi connectivity index (χ2v) is 0. The molecule has 3 heteroatoms. The van der Waals surface area contributed by atoms with Crippen LogP contribution in [0.15, 0.2) is 0 Å². The van der Waals surface area contributed by atoms with Crippen molar-refractivity contribution in [2.45, 2.75) is 7.43 Å². The van der Waals surface area contributed by atoms with Crippen molar-refractivity contribution in [2.75, 3.05) is 0 Å². The first-order chi connectivity index (χ1) is 0. The Bertz CT molecular complexity index is 8.00. The van der Waals surface area contributed by atoms with Gasteiger partial charge in [0.05, 0.1) is 0 Å². The third kappa shape index (κ3) is 8.82. The minimum atomic E-state index is 0. The van der Waals surface area contributed by atoms with Gasteiger partial charge in [0.2, 0.25) is 0 Å². The van der Waals surface area contributed by atoms with Crippen molar-refractivity contribution < 1.29 is 34.1 Å². The molecule has 1 radical (unpaired) electrons. The predicted molar refractivity (Wildman–Crippen MR) is 15.3 cm³/mol. The Morgan fingerprint density at radius 3 is 1.00 bits per heavy atom. The Morgan fingerprint density at radius 1 is 1.00 bits per heavy atom. The summed E-state index contributed by atoms with van der Waals surface area (Å²) in [4.78, 5) is 0. The number of hydrogen-bond acceptors (Lipinski definition) is 0. The van der Waals surface area contributed by atoms with Gasteiger partial charge in [-0.1, -0.05) is 7.43 Å². The van der Waals surface area contributed by atoms with Crippen molar-refractivity contribution >= 4 is 48.9 Å². The Hall–Kier alpha value is 2.61. The van der Waals surface area contributed by atoms with Gasteiger partial charge in [0.25, 0.3) is 0 Å². The van der Waals surface area contributed by atoms with Gasteiger partial charge >= 0.3 is 48.9 Å². The Labute approximate surface area is 88.5 Å². The van der Waals surface area contributed by atoms with Gasteiger partial charge in [0.15, 0.2) is 0 Å². The molecule has 0 aliphatic heterocycles. The summed E-state index contributed by atoms with van der Waals surface area (Å²) in [6.45, 7) is 0. The molecule has 0 atom stereocenters. The van der Waals surface area contributed by atoms with Crippen LogP contribution in [-0.4, -0.2) is 48.9 Å². The molecule has 0 fully saturated rings. The van der Waals surface area contributed by atoms with E-state index in [1.54, 1.807) is 0 Å². The minimum absolute atomic E-state index is 0. The summed E-state index contributed by atoms with van der Waals surface area (Å²) in [5.41, 5.74) is 0. The van der Waals surface area contributed by atoms with Crippen molar-refractivity contribution in [1.82, 2.24) is 0 Å². The summed E-state index contributed by atoms with van der Waals surface area (Å²) in [6.07, 6.45) is 0. The zero-order valence-electron chi connectivity index (χ0n) is 0.732. The standard InChI is InChI=1S/CH4.Ba.Fe.Mn.2H/h1H4;;;;;. The van der Waals surface area contributed by atoms with Gasteiger partial charge < -0.3 is 0 Å². The van der Waals surface area contributed by atoms with E-state index in [4.69, 9.17) is 0 Å². The van der Waals surface area contributed by atoms with Gasteiger partial charge in [-0.2, -0.15) is 0 Å². The van der Waals surface area contributed by atoms with Gasteiger partial charge in [0.1, 0.15) is 0 Å². The van der Waals surface area contributed by atoms with Crippen LogP contribution in [0, 0.1) is 0 Å². The fourth-order valence-electron chi connectivity index (χ4n) is 0. The van der Waals surface area contributed by atoms with Gasteiger partial charge in [-0.3, -0.25) is 0 Å². The van der Waals surface area contributed by atoms with Crippen molar-refractivity contribution in [2.24, 2.45) is 0 Å². The molecule has 0 heterocycles. The van der Waals surface area contributed by atoms with E-state index in [1.165, 1.54) is 0 Å². The van der Waals surface area contributed by atoms with Gasteiger partial charge in [0, 0.05) is 34.1 Å². The summed E-state index contributed by atoms with van der Waals surface area (Å²) in [5, 5.41) is 0. The minimum Gasteiger partial charge on any atom is 0 e. The monoisotopic (exact) mass is 267 g/mol. The summed E-state index contributed by atoms with van der Waals surface area (Å²) in [6, 6.07) is 0. The van der Waals surface area contributed by atoms with E-state index in [1.807, 2.05) is 0 Å². The second-order valence-electron chi connectivity index (χ2n) is 0. The van der Waals surface area contributed by atoms with Crippen molar-refractivity contribution in [3.05, 3.63) is 0 Å². The van der Waals surface area contributed by atoms with Crippen LogP contribution in [0.4, 0.5) is 0 Å². The third-order valence-corrected chi connectivity index (χ3v) is 0. The maximum Gasteiger partial charge on any atom is 0 e. The van der Waals surface area contributed by atoms with E-state index in [0.29, 0.717) is 0 Å². The summed E-state index contributed by atoms with van der Waals surface area (Å²) < 4.78 is 0. The Balaban J connectivity index is 0. The van der Waals surface area contributed by atoms with E-state index >= 15 is 0 Å². The first-order valence-corrected chi connectivity index (χ1v) is 0. The molecule has 0 aromatic heterocycles. The first kappa shape index (κ1) is 30.5. The maximum atomic E-state index is 0. The molecule has 0 saturated carbocycles. The van der Waals surface area contributed by atoms with Crippen LogP contribution in [0.1, 0.15) is 7.43 Å². The van der Waals surface area contributed by atoms with E-state index in [0.717, 1.165) is 0 Å². The normalized spacial score (nSPS) is 0. The fourth-order valence-corrected chi connectivity index (χ4v) is 0. The molecular weight excluding hydrogens is 260 g/mol. The van der Waals surface area contributed by atoms with Crippen molar-refractivity contribution in [3.63, 3.8) is 0 Å². The van der Waals surface area contributed by atoms with Crippen LogP contribution in [0.2, 0.25) is 0 Å². The molecule has 0 nitrogen and oxygen atoms in total. The van der Waals surface area contributed by atoms with Crippen LogP contribution < -0.4 is 0 Å². The zero-order valence-corrected chi connectivity index (χ0v) is 3.02. The molecule has 0 aliphatic rings. The molecule has 0 amide bonds. The molecule has 0 rings (SSSR count). The molecule has 0 aromatic rings. The van der Waals surface area contributed by atoms with Crippen LogP contribution >= 0.6 is 0 Å². The molecule has 0 saturated heterocycles. The van der Waals surface area contributed by atoms with Gasteiger partial charge in [-0.25, -0.2) is 0 Å². The van der Waals surface area contributed by atoms with E-state index < -0.39 is 0 Å². The molecule has 0 bridgehead atoms. The zero-order chi connectivity index (χ0) is 0. The Kier molecular flexibility index (Phi) is 134. The number of hydrogen-bond donors (Lipinski definition) is 0. The maximum absolute atomic E-state index is 0. The van der Waals surface area contributed by atoms with Crippen LogP contribution in [-0.2, 0) is 34.1 Å². The van der Waals surface area contributed by atoms with Crippen molar-refractivity contribution in [1.29, 1.82) is 0 Å². The third-order valence-electron chi connectivity index (χ3n) is 0. The summed E-state index contributed by atoms with van der Waals surface area (Å²) in [7, 11) is 0. The SMILES string of the molecule is C.[BaH2].[Fe].[Mn]. The van der Waals surface area contributed by atoms with Crippen molar-refractivity contribution in [3.8, 4) is 0 Å². The Morgan fingerprint density at radius 2 is 1.00 bits per heavy atom. The largest absolute Gasteiger partial charge is 0 e. The molecule has 4 heavy (non-hydrogen) atoms. The van der Waals surface area contributed by atoms with Crippen LogP contribution in [0.5, 0.6) is 0 Å². The smallest absolute Gasteiger partial charge is 0 e. The predicted octanol–water partition coefficient (Wildman–Crippen LogP) is -0.285. The average Bonchev–Trinajstić information content (AvgIpc) is 0. The average molecular weight is 266 g/mol. The summed E-state index contributed by atoms with van der Waals surface area (Å²) in [5.74, 6) is 0. The molecule has 0 N–H and O–H groups in total. The molecule has 0 spiro atoms. The van der Waals surface area contributed by atoms with Crippen LogP contribution in [0.25, 0.3) is 0 Å². The quantitative estimate of drug-likeness (QED) is 0.529. The fraction of sp³-hybridized carbons (Fsp3) is 1.00. The molecule has 0 aliphatic carbocycles. The number of rotatable bonds is 0. The van der Waals surface area contributed by atoms with E-state index in [-0.39, 0.29) is 90.4 Å².